The number of hydrogen-bond donors (Lipinski definition) is 0. The second kappa shape index (κ2) is 3.59. The van der Waals surface area contributed by atoms with Crippen LogP contribution in [0.15, 0.2) is 0 Å². The van der Waals surface area contributed by atoms with Crippen LogP contribution in [0.3, 0.4) is 0 Å². The second-order valence-corrected chi connectivity index (χ2v) is 5.14. The van der Waals surface area contributed by atoms with Crippen molar-refractivity contribution in [3.63, 3.8) is 0 Å². The Labute approximate surface area is 79.2 Å². The summed E-state index contributed by atoms with van der Waals surface area (Å²) in [6, 6.07) is 0. The largest absolute Gasteiger partial charge is 0.375 e. The molecule has 1 saturated heterocycles. The van der Waals surface area contributed by atoms with E-state index in [4.69, 9.17) is 4.74 Å². The highest BCUT2D eigenvalue weighted by Crippen LogP contribution is 2.45. The number of thioether (sulfide) groups is 1. The molecular formula is C10H18OS. The van der Waals surface area contributed by atoms with Gasteiger partial charge in [-0.3, -0.25) is 0 Å². The third-order valence-corrected chi connectivity index (χ3v) is 4.06. The minimum absolute atomic E-state index is 0.556. The zero-order valence-corrected chi connectivity index (χ0v) is 8.77. The summed E-state index contributed by atoms with van der Waals surface area (Å²) < 4.78 is 5.86. The Morgan fingerprint density at radius 2 is 2.25 bits per heavy atom. The summed E-state index contributed by atoms with van der Waals surface area (Å²) in [7, 11) is 0. The van der Waals surface area contributed by atoms with Crippen molar-refractivity contribution in [2.75, 3.05) is 12.0 Å². The first-order valence-electron chi connectivity index (χ1n) is 4.95. The van der Waals surface area contributed by atoms with Gasteiger partial charge in [0.1, 0.15) is 0 Å². The lowest BCUT2D eigenvalue weighted by Gasteiger charge is -2.26. The van der Waals surface area contributed by atoms with Gasteiger partial charge in [0.25, 0.3) is 0 Å². The molecule has 2 bridgehead atoms. The van der Waals surface area contributed by atoms with Gasteiger partial charge in [0.15, 0.2) is 0 Å². The first-order valence-corrected chi connectivity index (χ1v) is 6.35. The summed E-state index contributed by atoms with van der Waals surface area (Å²) in [5.74, 6) is 3.09. The molecule has 0 aromatic carbocycles. The molecule has 0 amide bonds. The molecule has 1 aliphatic heterocycles. The van der Waals surface area contributed by atoms with E-state index in [0.29, 0.717) is 12.2 Å². The highest BCUT2D eigenvalue weighted by atomic mass is 32.2. The fourth-order valence-electron chi connectivity index (χ4n) is 2.64. The fourth-order valence-corrected chi connectivity index (χ4v) is 3.18. The predicted octanol–water partition coefficient (Wildman–Crippen LogP) is 2.55. The van der Waals surface area contributed by atoms with Gasteiger partial charge in [-0.25, -0.2) is 0 Å². The van der Waals surface area contributed by atoms with Crippen LogP contribution in [0, 0.1) is 11.8 Å². The minimum Gasteiger partial charge on any atom is -0.375 e. The van der Waals surface area contributed by atoms with Crippen molar-refractivity contribution in [2.24, 2.45) is 11.8 Å². The van der Waals surface area contributed by atoms with E-state index < -0.39 is 0 Å². The number of hydrogen-bond acceptors (Lipinski definition) is 2. The van der Waals surface area contributed by atoms with Crippen LogP contribution in [0.1, 0.15) is 26.2 Å². The molecule has 0 aromatic heterocycles. The Hall–Kier alpha value is 0.310. The average Bonchev–Trinajstić information content (AvgIpc) is 2.58. The molecule has 0 radical (unpaired) electrons. The molecule has 1 heterocycles. The molecule has 2 heteroatoms. The maximum Gasteiger partial charge on any atom is 0.0611 e. The Kier molecular flexibility index (Phi) is 2.66. The highest BCUT2D eigenvalue weighted by Gasteiger charge is 2.44. The van der Waals surface area contributed by atoms with Crippen LogP contribution in [0.2, 0.25) is 0 Å². The molecule has 2 fully saturated rings. The van der Waals surface area contributed by atoms with E-state index in [9.17, 15) is 0 Å². The fraction of sp³-hybridized carbons (Fsp3) is 1.00. The normalized spacial score (nSPS) is 45.5. The predicted molar refractivity (Wildman–Crippen MR) is 53.5 cm³/mol. The first kappa shape index (κ1) is 8.89. The van der Waals surface area contributed by atoms with E-state index in [1.807, 2.05) is 11.8 Å². The quantitative estimate of drug-likeness (QED) is 0.670. The molecular weight excluding hydrogens is 168 g/mol. The lowest BCUT2D eigenvalue weighted by Crippen LogP contribution is -2.25. The van der Waals surface area contributed by atoms with Crippen molar-refractivity contribution in [1.82, 2.24) is 0 Å². The summed E-state index contributed by atoms with van der Waals surface area (Å²) in [6.07, 6.45) is 7.52. The van der Waals surface area contributed by atoms with Crippen LogP contribution in [-0.4, -0.2) is 24.2 Å². The van der Waals surface area contributed by atoms with Crippen molar-refractivity contribution < 1.29 is 4.74 Å². The zero-order chi connectivity index (χ0) is 8.55. The first-order chi connectivity index (χ1) is 5.81. The summed E-state index contributed by atoms with van der Waals surface area (Å²) in [5.41, 5.74) is 0. The van der Waals surface area contributed by atoms with Gasteiger partial charge in [0.2, 0.25) is 0 Å². The van der Waals surface area contributed by atoms with Gasteiger partial charge in [0, 0.05) is 0 Å². The molecule has 1 aliphatic carbocycles. The van der Waals surface area contributed by atoms with E-state index >= 15 is 0 Å². The SMILES string of the molecule is CSCCC1CC2CC1OC2C. The lowest BCUT2D eigenvalue weighted by molar-refractivity contribution is -0.0198. The third-order valence-electron chi connectivity index (χ3n) is 3.41. The highest BCUT2D eigenvalue weighted by molar-refractivity contribution is 7.98. The van der Waals surface area contributed by atoms with Crippen molar-refractivity contribution in [1.29, 1.82) is 0 Å². The third kappa shape index (κ3) is 1.51. The minimum atomic E-state index is 0.556. The second-order valence-electron chi connectivity index (χ2n) is 4.15. The van der Waals surface area contributed by atoms with E-state index in [-0.39, 0.29) is 0 Å². The van der Waals surface area contributed by atoms with Crippen molar-refractivity contribution in [3.05, 3.63) is 0 Å². The molecule has 0 spiro atoms. The number of rotatable bonds is 3. The summed E-state index contributed by atoms with van der Waals surface area (Å²) in [6.45, 7) is 2.23. The van der Waals surface area contributed by atoms with Gasteiger partial charge >= 0.3 is 0 Å². The topological polar surface area (TPSA) is 9.23 Å². The molecule has 4 atom stereocenters. The van der Waals surface area contributed by atoms with Crippen LogP contribution in [0.5, 0.6) is 0 Å². The van der Waals surface area contributed by atoms with Crippen LogP contribution < -0.4 is 0 Å². The molecule has 2 aliphatic rings. The molecule has 70 valence electrons. The van der Waals surface area contributed by atoms with Crippen LogP contribution in [0.4, 0.5) is 0 Å². The Balaban J connectivity index is 1.82. The van der Waals surface area contributed by atoms with Gasteiger partial charge in [-0.2, -0.15) is 11.8 Å². The number of ether oxygens (including phenoxy) is 1. The molecule has 4 unspecified atom stereocenters. The van der Waals surface area contributed by atoms with Crippen LogP contribution in [0.25, 0.3) is 0 Å². The van der Waals surface area contributed by atoms with E-state index in [1.54, 1.807) is 0 Å². The van der Waals surface area contributed by atoms with Crippen LogP contribution in [-0.2, 0) is 4.74 Å². The van der Waals surface area contributed by atoms with Gasteiger partial charge in [-0.15, -0.1) is 0 Å². The molecule has 12 heavy (non-hydrogen) atoms. The molecule has 1 saturated carbocycles. The summed E-state index contributed by atoms with van der Waals surface area (Å²) >= 11 is 1.96. The Morgan fingerprint density at radius 3 is 2.75 bits per heavy atom. The molecule has 0 aromatic rings. The zero-order valence-electron chi connectivity index (χ0n) is 7.95. The monoisotopic (exact) mass is 186 g/mol. The van der Waals surface area contributed by atoms with E-state index in [1.165, 1.54) is 25.0 Å². The average molecular weight is 186 g/mol. The molecule has 1 nitrogen and oxygen atoms in total. The molecule has 2 rings (SSSR count). The Bertz CT molecular complexity index is 158. The van der Waals surface area contributed by atoms with Gasteiger partial charge in [0.05, 0.1) is 12.2 Å². The lowest BCUT2D eigenvalue weighted by atomic mass is 9.96. The standard InChI is InChI=1S/C10H18OS/c1-7-9-5-8(3-4-12-2)10(6-9)11-7/h7-10H,3-6H2,1-2H3. The molecule has 0 N–H and O–H groups in total. The van der Waals surface area contributed by atoms with Gasteiger partial charge in [-0.05, 0) is 50.0 Å². The van der Waals surface area contributed by atoms with Crippen LogP contribution >= 0.6 is 11.8 Å². The van der Waals surface area contributed by atoms with Crippen molar-refractivity contribution in [3.8, 4) is 0 Å². The van der Waals surface area contributed by atoms with Crippen molar-refractivity contribution in [2.45, 2.75) is 38.4 Å². The van der Waals surface area contributed by atoms with E-state index in [2.05, 4.69) is 13.2 Å². The van der Waals surface area contributed by atoms with Gasteiger partial charge in [-0.1, -0.05) is 0 Å². The maximum atomic E-state index is 5.86. The van der Waals surface area contributed by atoms with E-state index in [0.717, 1.165) is 11.8 Å². The summed E-state index contributed by atoms with van der Waals surface area (Å²) in [4.78, 5) is 0. The van der Waals surface area contributed by atoms with Gasteiger partial charge < -0.3 is 4.74 Å². The van der Waals surface area contributed by atoms with Crippen molar-refractivity contribution >= 4 is 11.8 Å². The summed E-state index contributed by atoms with van der Waals surface area (Å²) in [5, 5.41) is 0. The maximum absolute atomic E-state index is 5.86. The number of fused-ring (bicyclic) bond motifs is 2. The Morgan fingerprint density at radius 1 is 1.42 bits per heavy atom. The smallest absolute Gasteiger partial charge is 0.0611 e.